The maximum absolute atomic E-state index is 13.3. The van der Waals surface area contributed by atoms with Crippen LogP contribution in [0.15, 0.2) is 47.1 Å². The van der Waals surface area contributed by atoms with Gasteiger partial charge in [0.1, 0.15) is 5.82 Å². The van der Waals surface area contributed by atoms with Gasteiger partial charge in [-0.1, -0.05) is 12.2 Å². The van der Waals surface area contributed by atoms with Crippen LogP contribution in [0.5, 0.6) is 0 Å². The number of nitrogens with one attached hydrogen (secondary N) is 2. The molecule has 1 amide bonds. The van der Waals surface area contributed by atoms with Crippen LogP contribution >= 0.6 is 0 Å². The SMILES string of the molecule is Cc1cc(C(=O)NC[C@H]2CC=CN=C2C2=CCNCC2)ccc1F. The summed E-state index contributed by atoms with van der Waals surface area (Å²) in [6, 6.07) is 4.43. The second kappa shape index (κ2) is 7.53. The Morgan fingerprint density at radius 2 is 2.33 bits per heavy atom. The second-order valence-electron chi connectivity index (χ2n) is 6.19. The lowest BCUT2D eigenvalue weighted by Gasteiger charge is -2.25. The van der Waals surface area contributed by atoms with Crippen molar-refractivity contribution in [2.45, 2.75) is 19.8 Å². The largest absolute Gasteiger partial charge is 0.351 e. The van der Waals surface area contributed by atoms with Crippen molar-refractivity contribution in [3.63, 3.8) is 0 Å². The summed E-state index contributed by atoms with van der Waals surface area (Å²) in [7, 11) is 0. The zero-order valence-corrected chi connectivity index (χ0v) is 13.8. The number of halogens is 1. The summed E-state index contributed by atoms with van der Waals surface area (Å²) >= 11 is 0. The molecule has 1 aromatic rings. The molecule has 5 heteroatoms. The molecule has 2 aliphatic rings. The predicted octanol–water partition coefficient (Wildman–Crippen LogP) is 2.76. The van der Waals surface area contributed by atoms with Crippen molar-refractivity contribution in [2.75, 3.05) is 19.6 Å². The maximum Gasteiger partial charge on any atom is 0.251 e. The Bertz CT molecular complexity index is 721. The number of aryl methyl sites for hydroxylation is 1. The first-order valence-electron chi connectivity index (χ1n) is 8.32. The molecule has 4 nitrogen and oxygen atoms in total. The quantitative estimate of drug-likeness (QED) is 0.893. The molecule has 0 unspecified atom stereocenters. The monoisotopic (exact) mass is 327 g/mol. The smallest absolute Gasteiger partial charge is 0.251 e. The first-order valence-corrected chi connectivity index (χ1v) is 8.32. The number of amides is 1. The molecule has 0 radical (unpaired) electrons. The number of hydrogen-bond donors (Lipinski definition) is 2. The van der Waals surface area contributed by atoms with Gasteiger partial charge in [-0.05, 0) is 55.6 Å². The highest BCUT2D eigenvalue weighted by Crippen LogP contribution is 2.21. The molecule has 3 rings (SSSR count). The highest BCUT2D eigenvalue weighted by molar-refractivity contribution is 6.03. The fraction of sp³-hybridized carbons (Fsp3) is 0.368. The first-order chi connectivity index (χ1) is 11.6. The number of hydrogen-bond acceptors (Lipinski definition) is 3. The summed E-state index contributed by atoms with van der Waals surface area (Å²) in [5.74, 6) is -0.285. The normalized spacial score (nSPS) is 20.3. The van der Waals surface area contributed by atoms with Crippen LogP contribution in [0.2, 0.25) is 0 Å². The Balaban J connectivity index is 1.65. The first kappa shape index (κ1) is 16.6. The van der Waals surface area contributed by atoms with E-state index >= 15 is 0 Å². The van der Waals surface area contributed by atoms with Crippen molar-refractivity contribution < 1.29 is 9.18 Å². The van der Waals surface area contributed by atoms with Gasteiger partial charge in [-0.15, -0.1) is 0 Å². The topological polar surface area (TPSA) is 53.5 Å². The minimum atomic E-state index is -0.295. The van der Waals surface area contributed by atoms with Crippen LogP contribution in [0.25, 0.3) is 0 Å². The van der Waals surface area contributed by atoms with Gasteiger partial charge in [0, 0.05) is 36.5 Å². The molecule has 2 aliphatic heterocycles. The van der Waals surface area contributed by atoms with Crippen LogP contribution in [-0.2, 0) is 0 Å². The van der Waals surface area contributed by atoms with Crippen LogP contribution < -0.4 is 10.6 Å². The molecule has 126 valence electrons. The number of rotatable bonds is 4. The lowest BCUT2D eigenvalue weighted by Crippen LogP contribution is -2.35. The Morgan fingerprint density at radius 1 is 1.46 bits per heavy atom. The number of allylic oxidation sites excluding steroid dienone is 1. The third kappa shape index (κ3) is 3.79. The third-order valence-corrected chi connectivity index (χ3v) is 4.45. The summed E-state index contributed by atoms with van der Waals surface area (Å²) in [5, 5.41) is 6.27. The molecular weight excluding hydrogens is 305 g/mol. The van der Waals surface area contributed by atoms with E-state index in [-0.39, 0.29) is 17.6 Å². The lowest BCUT2D eigenvalue weighted by atomic mass is 9.89. The van der Waals surface area contributed by atoms with Crippen molar-refractivity contribution in [1.82, 2.24) is 10.6 Å². The van der Waals surface area contributed by atoms with E-state index in [0.29, 0.717) is 17.7 Å². The summed E-state index contributed by atoms with van der Waals surface area (Å²) in [5.41, 5.74) is 3.31. The molecule has 0 aliphatic carbocycles. The standard InChI is InChI=1S/C19H22FN3O/c1-13-11-15(4-5-17(13)20)19(24)23-12-16-3-2-8-22-18(16)14-6-9-21-10-7-14/h2,4-6,8,11,16,21H,3,7,9-10,12H2,1H3,(H,23,24)/t16-/m1/s1. The van der Waals surface area contributed by atoms with Gasteiger partial charge in [-0.3, -0.25) is 9.79 Å². The van der Waals surface area contributed by atoms with Crippen LogP contribution in [0.4, 0.5) is 4.39 Å². The number of benzene rings is 1. The molecule has 0 saturated heterocycles. The Hall–Kier alpha value is -2.27. The summed E-state index contributed by atoms with van der Waals surface area (Å²) in [4.78, 5) is 16.9. The molecule has 0 bridgehead atoms. The van der Waals surface area contributed by atoms with Gasteiger partial charge in [-0.2, -0.15) is 0 Å². The summed E-state index contributed by atoms with van der Waals surface area (Å²) < 4.78 is 13.3. The Labute approximate surface area is 141 Å². The molecule has 0 fully saturated rings. The average Bonchev–Trinajstić information content (AvgIpc) is 2.63. The van der Waals surface area contributed by atoms with Crippen molar-refractivity contribution in [3.05, 3.63) is 59.1 Å². The number of nitrogens with zero attached hydrogens (tertiary/aromatic N) is 1. The van der Waals surface area contributed by atoms with Crippen LogP contribution in [0, 0.1) is 18.7 Å². The predicted molar refractivity (Wildman–Crippen MR) is 93.7 cm³/mol. The highest BCUT2D eigenvalue weighted by atomic mass is 19.1. The van der Waals surface area contributed by atoms with E-state index in [1.807, 2.05) is 12.3 Å². The Kier molecular flexibility index (Phi) is 5.20. The average molecular weight is 327 g/mol. The van der Waals surface area contributed by atoms with Gasteiger partial charge in [0.25, 0.3) is 5.91 Å². The number of aliphatic imine (C=N–C) groups is 1. The van der Waals surface area contributed by atoms with E-state index in [9.17, 15) is 9.18 Å². The highest BCUT2D eigenvalue weighted by Gasteiger charge is 2.22. The van der Waals surface area contributed by atoms with Gasteiger partial charge in [0.2, 0.25) is 0 Å². The minimum Gasteiger partial charge on any atom is -0.351 e. The van der Waals surface area contributed by atoms with E-state index in [2.05, 4.69) is 21.7 Å². The van der Waals surface area contributed by atoms with Crippen molar-refractivity contribution in [2.24, 2.45) is 10.9 Å². The van der Waals surface area contributed by atoms with E-state index < -0.39 is 0 Å². The molecule has 0 spiro atoms. The molecule has 0 aromatic heterocycles. The van der Waals surface area contributed by atoms with Crippen molar-refractivity contribution in [3.8, 4) is 0 Å². The van der Waals surface area contributed by atoms with Crippen LogP contribution in [-0.4, -0.2) is 31.3 Å². The Morgan fingerprint density at radius 3 is 3.08 bits per heavy atom. The van der Waals surface area contributed by atoms with Crippen molar-refractivity contribution >= 4 is 11.6 Å². The zero-order valence-electron chi connectivity index (χ0n) is 13.8. The fourth-order valence-corrected chi connectivity index (χ4v) is 3.06. The molecular formula is C19H22FN3O. The summed E-state index contributed by atoms with van der Waals surface area (Å²) in [6.45, 7) is 4.02. The molecule has 2 heterocycles. The minimum absolute atomic E-state index is 0.175. The second-order valence-corrected chi connectivity index (χ2v) is 6.19. The van der Waals surface area contributed by atoms with Gasteiger partial charge >= 0.3 is 0 Å². The van der Waals surface area contributed by atoms with Crippen molar-refractivity contribution in [1.29, 1.82) is 0 Å². The number of carbonyl (C=O) groups is 1. The number of carbonyl (C=O) groups excluding carboxylic acids is 1. The maximum atomic E-state index is 13.3. The molecule has 2 N–H and O–H groups in total. The van der Waals surface area contributed by atoms with Gasteiger partial charge in [-0.25, -0.2) is 4.39 Å². The summed E-state index contributed by atoms with van der Waals surface area (Å²) in [6.07, 6.45) is 7.89. The van der Waals surface area contributed by atoms with Crippen LogP contribution in [0.3, 0.4) is 0 Å². The molecule has 1 atom stereocenters. The molecule has 24 heavy (non-hydrogen) atoms. The van der Waals surface area contributed by atoms with E-state index in [0.717, 1.165) is 31.6 Å². The fourth-order valence-electron chi connectivity index (χ4n) is 3.06. The van der Waals surface area contributed by atoms with E-state index in [4.69, 9.17) is 0 Å². The lowest BCUT2D eigenvalue weighted by molar-refractivity contribution is 0.0950. The van der Waals surface area contributed by atoms with Crippen LogP contribution in [0.1, 0.15) is 28.8 Å². The van der Waals surface area contributed by atoms with E-state index in [1.54, 1.807) is 13.0 Å². The molecule has 0 saturated carbocycles. The van der Waals surface area contributed by atoms with Gasteiger partial charge < -0.3 is 10.6 Å². The van der Waals surface area contributed by atoms with Gasteiger partial charge in [0.05, 0.1) is 0 Å². The van der Waals surface area contributed by atoms with Gasteiger partial charge in [0.15, 0.2) is 0 Å². The van der Waals surface area contributed by atoms with E-state index in [1.165, 1.54) is 17.7 Å². The third-order valence-electron chi connectivity index (χ3n) is 4.45. The molecule has 1 aromatic carbocycles. The zero-order chi connectivity index (χ0) is 16.9.